The van der Waals surface area contributed by atoms with Gasteiger partial charge in [0, 0.05) is 26.6 Å². The highest BCUT2D eigenvalue weighted by atomic mass is 19.4. The van der Waals surface area contributed by atoms with Crippen molar-refractivity contribution in [1.29, 1.82) is 0 Å². The number of aliphatic imine (C=N–C) groups is 1. The summed E-state index contributed by atoms with van der Waals surface area (Å²) in [5.41, 5.74) is 1.18. The number of ether oxygens (including phenoxy) is 1. The van der Waals surface area contributed by atoms with Crippen LogP contribution in [0.25, 0.3) is 0 Å². The molecule has 0 bridgehead atoms. The van der Waals surface area contributed by atoms with E-state index in [1.165, 1.54) is 18.4 Å². The van der Waals surface area contributed by atoms with Gasteiger partial charge < -0.3 is 15.4 Å². The van der Waals surface area contributed by atoms with Gasteiger partial charge in [0.1, 0.15) is 5.75 Å². The molecule has 2 N–H and O–H groups in total. The lowest BCUT2D eigenvalue weighted by molar-refractivity contribution is -0.135. The number of halogens is 3. The summed E-state index contributed by atoms with van der Waals surface area (Å²) >= 11 is 0. The van der Waals surface area contributed by atoms with Crippen molar-refractivity contribution in [3.8, 4) is 5.75 Å². The molecular weight excluding hydrogens is 369 g/mol. The Kier molecular flexibility index (Phi) is 8.89. The van der Waals surface area contributed by atoms with Gasteiger partial charge in [0.2, 0.25) is 0 Å². The highest BCUT2D eigenvalue weighted by molar-refractivity contribution is 5.79. The first-order chi connectivity index (χ1) is 13.4. The van der Waals surface area contributed by atoms with Crippen LogP contribution in [0, 0.1) is 0 Å². The second-order valence-electron chi connectivity index (χ2n) is 6.99. The molecule has 0 spiro atoms. The van der Waals surface area contributed by atoms with Crippen molar-refractivity contribution in [1.82, 2.24) is 15.5 Å². The van der Waals surface area contributed by atoms with Gasteiger partial charge in [-0.25, -0.2) is 0 Å². The summed E-state index contributed by atoms with van der Waals surface area (Å²) < 4.78 is 42.0. The minimum atomic E-state index is -4.08. The van der Waals surface area contributed by atoms with E-state index in [1.807, 2.05) is 12.1 Å². The van der Waals surface area contributed by atoms with Crippen molar-refractivity contribution in [3.63, 3.8) is 0 Å². The molecule has 0 aliphatic carbocycles. The maximum atomic E-state index is 12.2. The molecular formula is C20H31F3N4O. The van der Waals surface area contributed by atoms with Crippen molar-refractivity contribution in [2.75, 3.05) is 40.3 Å². The number of likely N-dealkylation sites (tertiary alicyclic amines) is 1. The molecule has 0 amide bonds. The van der Waals surface area contributed by atoms with Crippen LogP contribution in [-0.4, -0.2) is 57.4 Å². The van der Waals surface area contributed by atoms with E-state index < -0.39 is 12.6 Å². The predicted octanol–water partition coefficient (Wildman–Crippen LogP) is 3.73. The summed E-state index contributed by atoms with van der Waals surface area (Å²) in [6.07, 6.45) is -1.88. The first-order valence-electron chi connectivity index (χ1n) is 9.82. The molecule has 1 aromatic rings. The molecule has 0 aromatic heterocycles. The topological polar surface area (TPSA) is 48.9 Å². The average Bonchev–Trinajstić information content (AvgIpc) is 3.20. The number of benzene rings is 1. The minimum absolute atomic E-state index is 0.119. The predicted molar refractivity (Wildman–Crippen MR) is 106 cm³/mol. The zero-order valence-electron chi connectivity index (χ0n) is 16.7. The minimum Gasteiger partial charge on any atom is -0.497 e. The van der Waals surface area contributed by atoms with Gasteiger partial charge >= 0.3 is 6.18 Å². The fourth-order valence-corrected chi connectivity index (χ4v) is 3.43. The Morgan fingerprint density at radius 3 is 2.61 bits per heavy atom. The van der Waals surface area contributed by atoms with Crippen LogP contribution in [0.1, 0.15) is 43.7 Å². The summed E-state index contributed by atoms with van der Waals surface area (Å²) in [4.78, 5) is 6.63. The molecule has 1 aromatic carbocycles. The molecule has 1 fully saturated rings. The van der Waals surface area contributed by atoms with Crippen LogP contribution in [0.2, 0.25) is 0 Å². The van der Waals surface area contributed by atoms with E-state index in [-0.39, 0.29) is 12.5 Å². The van der Waals surface area contributed by atoms with Crippen molar-refractivity contribution in [3.05, 3.63) is 29.8 Å². The fourth-order valence-electron chi connectivity index (χ4n) is 3.43. The molecule has 1 unspecified atom stereocenters. The van der Waals surface area contributed by atoms with Gasteiger partial charge in [-0.1, -0.05) is 12.1 Å². The third-order valence-electron chi connectivity index (χ3n) is 4.93. The maximum absolute atomic E-state index is 12.2. The molecule has 1 aliphatic heterocycles. The lowest BCUT2D eigenvalue weighted by Gasteiger charge is -2.29. The van der Waals surface area contributed by atoms with Gasteiger partial charge in [-0.3, -0.25) is 9.89 Å². The van der Waals surface area contributed by atoms with E-state index in [4.69, 9.17) is 4.74 Å². The van der Waals surface area contributed by atoms with E-state index in [9.17, 15) is 13.2 Å². The molecule has 158 valence electrons. The SMILES string of the molecule is CN=C(NCCCCC(F)(F)F)NCC(c1cccc(OC)c1)N1CCCC1. The third kappa shape index (κ3) is 7.58. The van der Waals surface area contributed by atoms with Gasteiger partial charge in [0.25, 0.3) is 0 Å². The third-order valence-corrected chi connectivity index (χ3v) is 4.93. The van der Waals surface area contributed by atoms with Crippen molar-refractivity contribution >= 4 is 5.96 Å². The van der Waals surface area contributed by atoms with E-state index in [2.05, 4.69) is 32.7 Å². The summed E-state index contributed by atoms with van der Waals surface area (Å²) in [5.74, 6) is 1.44. The number of rotatable bonds is 9. The van der Waals surface area contributed by atoms with E-state index in [0.29, 0.717) is 25.5 Å². The highest BCUT2D eigenvalue weighted by Crippen LogP contribution is 2.27. The van der Waals surface area contributed by atoms with Gasteiger partial charge in [-0.15, -0.1) is 0 Å². The van der Waals surface area contributed by atoms with Crippen LogP contribution in [0.15, 0.2) is 29.3 Å². The Morgan fingerprint density at radius 2 is 1.96 bits per heavy atom. The highest BCUT2D eigenvalue weighted by Gasteiger charge is 2.26. The van der Waals surface area contributed by atoms with E-state index in [1.54, 1.807) is 14.2 Å². The lowest BCUT2D eigenvalue weighted by Crippen LogP contribution is -2.43. The van der Waals surface area contributed by atoms with Crippen molar-refractivity contribution in [2.45, 2.75) is 44.3 Å². The Hall–Kier alpha value is -1.96. The number of guanidine groups is 1. The van der Waals surface area contributed by atoms with E-state index >= 15 is 0 Å². The number of nitrogens with one attached hydrogen (secondary N) is 2. The Bertz CT molecular complexity index is 616. The van der Waals surface area contributed by atoms with Crippen LogP contribution >= 0.6 is 0 Å². The van der Waals surface area contributed by atoms with Crippen molar-refractivity contribution < 1.29 is 17.9 Å². The molecule has 28 heavy (non-hydrogen) atoms. The number of alkyl halides is 3. The molecule has 1 atom stereocenters. The molecule has 1 aliphatic rings. The summed E-state index contributed by atoms with van der Waals surface area (Å²) in [6, 6.07) is 8.25. The number of unbranched alkanes of at least 4 members (excludes halogenated alkanes) is 1. The quantitative estimate of drug-likeness (QED) is 0.377. The van der Waals surface area contributed by atoms with Crippen LogP contribution in [0.3, 0.4) is 0 Å². The number of nitrogens with zero attached hydrogens (tertiary/aromatic N) is 2. The molecule has 1 saturated heterocycles. The lowest BCUT2D eigenvalue weighted by atomic mass is 10.1. The zero-order chi connectivity index (χ0) is 20.4. The molecule has 1 heterocycles. The summed E-state index contributed by atoms with van der Waals surface area (Å²) in [7, 11) is 3.33. The molecule has 0 saturated carbocycles. The molecule has 8 heteroatoms. The van der Waals surface area contributed by atoms with Crippen LogP contribution in [0.5, 0.6) is 5.75 Å². The molecule has 2 rings (SSSR count). The standard InChI is InChI=1S/C20H31F3N4O/c1-24-19(25-11-4-3-10-20(21,22)23)26-15-18(27-12-5-6-13-27)16-8-7-9-17(14-16)28-2/h7-9,14,18H,3-6,10-13,15H2,1-2H3,(H2,24,25,26). The van der Waals surface area contributed by atoms with Gasteiger partial charge in [0.15, 0.2) is 5.96 Å². The van der Waals surface area contributed by atoms with Crippen molar-refractivity contribution in [2.24, 2.45) is 4.99 Å². The molecule has 0 radical (unpaired) electrons. The number of hydrogen-bond donors (Lipinski definition) is 2. The largest absolute Gasteiger partial charge is 0.497 e. The van der Waals surface area contributed by atoms with Crippen LogP contribution in [0.4, 0.5) is 13.2 Å². The van der Waals surface area contributed by atoms with E-state index in [0.717, 1.165) is 18.8 Å². The van der Waals surface area contributed by atoms with Gasteiger partial charge in [0.05, 0.1) is 13.2 Å². The first kappa shape index (κ1) is 22.3. The van der Waals surface area contributed by atoms with Crippen LogP contribution in [-0.2, 0) is 0 Å². The second kappa shape index (κ2) is 11.1. The number of hydrogen-bond acceptors (Lipinski definition) is 3. The van der Waals surface area contributed by atoms with Gasteiger partial charge in [-0.2, -0.15) is 13.2 Å². The van der Waals surface area contributed by atoms with Gasteiger partial charge in [-0.05, 0) is 56.5 Å². The Labute approximate surface area is 165 Å². The monoisotopic (exact) mass is 400 g/mol. The first-order valence-corrected chi connectivity index (χ1v) is 9.82. The molecule has 5 nitrogen and oxygen atoms in total. The normalized spacial score (nSPS) is 16.8. The summed E-state index contributed by atoms with van der Waals surface area (Å²) in [6.45, 7) is 3.22. The Morgan fingerprint density at radius 1 is 1.21 bits per heavy atom. The maximum Gasteiger partial charge on any atom is 0.389 e. The smallest absolute Gasteiger partial charge is 0.389 e. The summed E-state index contributed by atoms with van der Waals surface area (Å²) in [5, 5.41) is 6.43. The zero-order valence-corrected chi connectivity index (χ0v) is 16.7. The second-order valence-corrected chi connectivity index (χ2v) is 6.99. The average molecular weight is 400 g/mol. The fraction of sp³-hybridized carbons (Fsp3) is 0.650. The van der Waals surface area contributed by atoms with Crippen LogP contribution < -0.4 is 15.4 Å². The Balaban J connectivity index is 1.88. The number of methoxy groups -OCH3 is 1.